The Kier molecular flexibility index (Phi) is 21.0. The largest absolute Gasteiger partial charge is 1.00 e. The maximum absolute atomic E-state index is 3.15. The topological polar surface area (TPSA) is 0 Å². The fraction of sp³-hybridized carbons (Fsp3) is 0.341. The fourth-order valence-corrected chi connectivity index (χ4v) is 41.9. The first-order valence-corrected chi connectivity index (χ1v) is 44.3. The van der Waals surface area contributed by atoms with Crippen molar-refractivity contribution in [3.05, 3.63) is 291 Å². The minimum atomic E-state index is -3.15. The van der Waals surface area contributed by atoms with Crippen molar-refractivity contribution in [1.82, 2.24) is 0 Å². The molecule has 0 spiro atoms. The number of allylic oxidation sites excluding steroid dienone is 8. The SMILES string of the molecule is CC1C=C(C(C)(C)C)C=[C]1[Hf](=[C](c1ccccc1)c1ccccc1)[c]1c(C(C)(C)C)ccc2c1Cc1cc(C(C)(C)C)ccc1-2.CC1C=C(C(C)(C)C)C=[C]1[Hf](=[C](c1ccccc1)c1ccccc1)[c]1c(C(C)(C)C)ccc2c1Cc1cc(C(C)(C)C)ccc1-2.[Cl-].[Cl-]. The molecule has 92 heavy (non-hydrogen) atoms. The van der Waals surface area contributed by atoms with E-state index in [0.29, 0.717) is 11.8 Å². The van der Waals surface area contributed by atoms with Gasteiger partial charge in [-0.05, 0) is 0 Å². The van der Waals surface area contributed by atoms with Gasteiger partial charge in [-0.15, -0.1) is 0 Å². The van der Waals surface area contributed by atoms with E-state index >= 15 is 0 Å². The molecular formula is C88H100Cl2Hf2-2. The summed E-state index contributed by atoms with van der Waals surface area (Å²) in [5.74, 6) is 0.868. The zero-order valence-electron chi connectivity index (χ0n) is 59.0. The second kappa shape index (κ2) is 27.1. The maximum Gasteiger partial charge on any atom is -1.00 e. The second-order valence-corrected chi connectivity index (χ2v) is 49.3. The third-order valence-corrected chi connectivity index (χ3v) is 43.4. The number of hydrogen-bond donors (Lipinski definition) is 0. The van der Waals surface area contributed by atoms with Crippen molar-refractivity contribution in [2.75, 3.05) is 0 Å². The van der Waals surface area contributed by atoms with Gasteiger partial charge in [0.2, 0.25) is 0 Å². The van der Waals surface area contributed by atoms with Crippen molar-refractivity contribution < 1.29 is 66.7 Å². The van der Waals surface area contributed by atoms with Gasteiger partial charge in [0.25, 0.3) is 0 Å². The summed E-state index contributed by atoms with van der Waals surface area (Å²) in [5, 5.41) is 0. The van der Waals surface area contributed by atoms with E-state index in [1.807, 2.05) is 0 Å². The Morgan fingerprint density at radius 2 is 0.609 bits per heavy atom. The van der Waals surface area contributed by atoms with Crippen molar-refractivity contribution >= 4 is 13.2 Å². The van der Waals surface area contributed by atoms with Gasteiger partial charge >= 0.3 is 564 Å². The molecule has 8 aromatic carbocycles. The molecule has 0 nitrogen and oxygen atoms in total. The van der Waals surface area contributed by atoms with Crippen LogP contribution in [0.2, 0.25) is 0 Å². The Morgan fingerprint density at radius 3 is 0.859 bits per heavy atom. The molecule has 0 aromatic heterocycles. The molecule has 0 bridgehead atoms. The van der Waals surface area contributed by atoms with E-state index in [1.54, 1.807) is 42.1 Å². The Hall–Kier alpha value is -5.22. The summed E-state index contributed by atoms with van der Waals surface area (Å²) < 4.78 is 10.1. The monoisotopic (exact) mass is 1590 g/mol. The zero-order valence-corrected chi connectivity index (χ0v) is 67.7. The average Bonchev–Trinajstić information content (AvgIpc) is 1.50. The summed E-state index contributed by atoms with van der Waals surface area (Å²) in [6, 6.07) is 70.0. The minimum Gasteiger partial charge on any atom is -1.00 e. The zero-order chi connectivity index (χ0) is 64.6. The number of rotatable bonds is 8. The molecule has 0 amide bonds. The number of benzene rings is 8. The summed E-state index contributed by atoms with van der Waals surface area (Å²) >= 11 is -6.30. The molecule has 0 fully saturated rings. The summed E-state index contributed by atoms with van der Waals surface area (Å²) in [6.45, 7) is 47.8. The minimum absolute atomic E-state index is 0. The van der Waals surface area contributed by atoms with Crippen LogP contribution in [-0.4, -0.2) is 6.51 Å². The van der Waals surface area contributed by atoms with Crippen LogP contribution in [0.3, 0.4) is 0 Å². The van der Waals surface area contributed by atoms with Gasteiger partial charge in [-0.1, -0.05) is 0 Å². The van der Waals surface area contributed by atoms with Crippen molar-refractivity contribution in [2.45, 2.75) is 173 Å². The molecule has 0 N–H and O–H groups in total. The van der Waals surface area contributed by atoms with E-state index in [2.05, 4.69) is 345 Å². The molecule has 0 heterocycles. The number of halogens is 2. The predicted molar refractivity (Wildman–Crippen MR) is 385 cm³/mol. The molecule has 2 atom stereocenters. The quantitative estimate of drug-likeness (QED) is 0.133. The van der Waals surface area contributed by atoms with Gasteiger partial charge in [-0.3, -0.25) is 0 Å². The maximum atomic E-state index is 2.66. The van der Waals surface area contributed by atoms with E-state index in [1.165, 1.54) is 77.9 Å². The third kappa shape index (κ3) is 14.5. The van der Waals surface area contributed by atoms with Crippen LogP contribution in [0.1, 0.15) is 205 Å². The van der Waals surface area contributed by atoms with Crippen LogP contribution in [0.5, 0.6) is 0 Å². The first-order chi connectivity index (χ1) is 42.3. The molecule has 0 saturated heterocycles. The van der Waals surface area contributed by atoms with E-state index in [9.17, 15) is 0 Å². The summed E-state index contributed by atoms with van der Waals surface area (Å²) in [5.41, 5.74) is 27.1. The summed E-state index contributed by atoms with van der Waals surface area (Å²) in [6.07, 6.45) is 12.5. The molecule has 4 aliphatic carbocycles. The van der Waals surface area contributed by atoms with E-state index in [-0.39, 0.29) is 57.3 Å². The fourth-order valence-electron chi connectivity index (χ4n) is 14.4. The number of fused-ring (bicyclic) bond motifs is 6. The second-order valence-electron chi connectivity index (χ2n) is 32.6. The van der Waals surface area contributed by atoms with E-state index in [4.69, 9.17) is 0 Å². The van der Waals surface area contributed by atoms with Crippen LogP contribution in [0.25, 0.3) is 22.3 Å². The van der Waals surface area contributed by atoms with Crippen LogP contribution in [-0.2, 0) is 76.4 Å². The van der Waals surface area contributed by atoms with Crippen molar-refractivity contribution in [1.29, 1.82) is 0 Å². The molecule has 8 aromatic rings. The van der Waals surface area contributed by atoms with Gasteiger partial charge < -0.3 is 24.8 Å². The van der Waals surface area contributed by atoms with Crippen LogP contribution in [0.4, 0.5) is 0 Å². The van der Waals surface area contributed by atoms with Crippen molar-refractivity contribution in [2.24, 2.45) is 22.7 Å². The van der Waals surface area contributed by atoms with Gasteiger partial charge in [0.05, 0.1) is 0 Å². The molecule has 0 radical (unpaired) electrons. The van der Waals surface area contributed by atoms with Gasteiger partial charge in [-0.25, -0.2) is 0 Å². The van der Waals surface area contributed by atoms with Crippen LogP contribution < -0.4 is 31.5 Å². The van der Waals surface area contributed by atoms with Gasteiger partial charge in [-0.2, -0.15) is 0 Å². The summed E-state index contributed by atoms with van der Waals surface area (Å²) in [7, 11) is 0. The Balaban J connectivity index is 0.000000213. The Labute approximate surface area is 583 Å². The molecule has 4 aliphatic rings. The number of hydrogen-bond acceptors (Lipinski definition) is 0. The van der Waals surface area contributed by atoms with Gasteiger partial charge in [0.1, 0.15) is 0 Å². The van der Waals surface area contributed by atoms with E-state index in [0.717, 1.165) is 12.8 Å². The normalized spacial score (nSPS) is 15.8. The third-order valence-electron chi connectivity index (χ3n) is 19.5. The van der Waals surface area contributed by atoms with Crippen LogP contribution in [0.15, 0.2) is 224 Å². The first kappa shape index (κ1) is 71.1. The summed E-state index contributed by atoms with van der Waals surface area (Å²) in [4.78, 5) is 0. The molecule has 12 rings (SSSR count). The standard InChI is InChI=1S/2C21H25.2C13H10.2C10H15.2ClH.2Hf/c2*1-20(2,3)16-7-9-18-14(12-16)11-15-13-17(21(4,5)6)8-10-19(15)18;2*1-3-7-12(8-4-1)11-13-9-5-2-6-10-13;2*1-8-5-6-9(7-8)10(2,3)4;;;;/h2*7-10,12H,11H2,1-6H3;2*1-10H;2*6-8H,1-4H3;2*1H;;/p-2. The molecule has 4 heteroatoms. The Morgan fingerprint density at radius 1 is 0.326 bits per heavy atom. The average molecular weight is 1590 g/mol. The molecule has 0 aliphatic heterocycles. The van der Waals surface area contributed by atoms with Gasteiger partial charge in [0, 0.05) is 0 Å². The van der Waals surface area contributed by atoms with Crippen molar-refractivity contribution in [3.8, 4) is 22.3 Å². The van der Waals surface area contributed by atoms with E-state index < -0.39 is 41.9 Å². The van der Waals surface area contributed by atoms with Gasteiger partial charge in [0.15, 0.2) is 0 Å². The molecule has 2 unspecified atom stereocenters. The molecule has 0 saturated carbocycles. The Bertz CT molecular complexity index is 3890. The van der Waals surface area contributed by atoms with Crippen molar-refractivity contribution in [3.63, 3.8) is 0 Å². The molecular weight excluding hydrogens is 1480 g/mol. The first-order valence-electron chi connectivity index (χ1n) is 33.5. The smallest absolute Gasteiger partial charge is 1.00 e. The van der Waals surface area contributed by atoms with Crippen LogP contribution in [0, 0.1) is 22.7 Å². The predicted octanol–water partition coefficient (Wildman–Crippen LogP) is 15.8. The van der Waals surface area contributed by atoms with Crippen LogP contribution >= 0.6 is 0 Å². The molecule has 476 valence electrons.